The molecule has 26 heavy (non-hydrogen) atoms. The first kappa shape index (κ1) is 18.8. The van der Waals surface area contributed by atoms with Crippen LogP contribution in [0.3, 0.4) is 0 Å². The summed E-state index contributed by atoms with van der Waals surface area (Å²) < 4.78 is 28.6. The smallest absolute Gasteiger partial charge is 0.312 e. The first-order valence-electron chi connectivity index (χ1n) is 8.77. The zero-order valence-corrected chi connectivity index (χ0v) is 15.7. The van der Waals surface area contributed by atoms with Gasteiger partial charge in [0, 0.05) is 32.8 Å². The van der Waals surface area contributed by atoms with E-state index in [1.165, 1.54) is 17.6 Å². The van der Waals surface area contributed by atoms with Gasteiger partial charge in [0.15, 0.2) is 9.84 Å². The molecule has 8 heteroatoms. The van der Waals surface area contributed by atoms with Gasteiger partial charge in [-0.15, -0.1) is 0 Å². The molecule has 2 heterocycles. The maximum absolute atomic E-state index is 12.8. The van der Waals surface area contributed by atoms with Crippen molar-refractivity contribution >= 4 is 21.7 Å². The topological polar surface area (TPSA) is 84.0 Å². The van der Waals surface area contributed by atoms with E-state index in [9.17, 15) is 18.0 Å². The number of fused-ring (bicyclic) bond motifs is 1. The average molecular weight is 380 g/mol. The molecule has 0 radical (unpaired) electrons. The summed E-state index contributed by atoms with van der Waals surface area (Å²) >= 11 is 0. The Labute approximate surface area is 153 Å². The van der Waals surface area contributed by atoms with E-state index in [1.54, 1.807) is 4.90 Å². The number of nitrogens with zero attached hydrogens (tertiary/aromatic N) is 2. The molecule has 1 aromatic carbocycles. The quantitative estimate of drug-likeness (QED) is 0.699. The van der Waals surface area contributed by atoms with Crippen LogP contribution in [0.2, 0.25) is 0 Å². The van der Waals surface area contributed by atoms with Crippen LogP contribution in [0.1, 0.15) is 17.5 Å². The molecule has 2 amide bonds. The summed E-state index contributed by atoms with van der Waals surface area (Å²) in [6.45, 7) is 1.37. The molecule has 1 saturated heterocycles. The Morgan fingerprint density at radius 2 is 2.00 bits per heavy atom. The van der Waals surface area contributed by atoms with E-state index in [-0.39, 0.29) is 24.7 Å². The Morgan fingerprint density at radius 3 is 2.65 bits per heavy atom. The van der Waals surface area contributed by atoms with Crippen LogP contribution in [-0.2, 0) is 37.1 Å². The van der Waals surface area contributed by atoms with Gasteiger partial charge < -0.3 is 14.5 Å². The van der Waals surface area contributed by atoms with Gasteiger partial charge in [-0.25, -0.2) is 8.42 Å². The number of benzene rings is 1. The van der Waals surface area contributed by atoms with Crippen LogP contribution < -0.4 is 0 Å². The van der Waals surface area contributed by atoms with Crippen molar-refractivity contribution in [2.45, 2.75) is 25.4 Å². The first-order chi connectivity index (χ1) is 12.4. The lowest BCUT2D eigenvalue weighted by molar-refractivity contribution is -0.154. The summed E-state index contributed by atoms with van der Waals surface area (Å²) in [6.07, 6.45) is 1.08. The number of methoxy groups -OCH3 is 1. The molecule has 7 nitrogen and oxygen atoms in total. The average Bonchev–Trinajstić information content (AvgIpc) is 3.00. The molecule has 0 N–H and O–H groups in total. The van der Waals surface area contributed by atoms with Crippen LogP contribution in [0.25, 0.3) is 0 Å². The van der Waals surface area contributed by atoms with E-state index in [4.69, 9.17) is 4.74 Å². The summed E-state index contributed by atoms with van der Waals surface area (Å²) in [5.41, 5.74) is 2.24. The Balaban J connectivity index is 1.73. The predicted molar refractivity (Wildman–Crippen MR) is 96.2 cm³/mol. The van der Waals surface area contributed by atoms with Crippen molar-refractivity contribution in [2.75, 3.05) is 38.3 Å². The van der Waals surface area contributed by atoms with E-state index in [0.717, 1.165) is 5.56 Å². The van der Waals surface area contributed by atoms with Gasteiger partial charge in [-0.3, -0.25) is 9.59 Å². The third-order valence-electron chi connectivity index (χ3n) is 5.05. The molecule has 2 aliphatic rings. The van der Waals surface area contributed by atoms with E-state index < -0.39 is 27.7 Å². The lowest BCUT2D eigenvalue weighted by atomic mass is 10.00. The SMILES string of the molecule is COCCN(C(=O)C(=O)N1CCc2ccccc2C1)C1CCS(=O)(=O)C1. The normalized spacial score (nSPS) is 21.3. The van der Waals surface area contributed by atoms with Gasteiger partial charge in [-0.05, 0) is 24.0 Å². The maximum Gasteiger partial charge on any atom is 0.312 e. The maximum atomic E-state index is 12.8. The molecule has 0 saturated carbocycles. The Morgan fingerprint density at radius 1 is 1.27 bits per heavy atom. The minimum Gasteiger partial charge on any atom is -0.383 e. The zero-order valence-electron chi connectivity index (χ0n) is 14.9. The number of rotatable bonds is 4. The second kappa shape index (κ2) is 7.75. The summed E-state index contributed by atoms with van der Waals surface area (Å²) in [5, 5.41) is 0. The molecule has 0 aromatic heterocycles. The number of amides is 2. The number of ether oxygens (including phenoxy) is 1. The Bertz CT molecular complexity index is 793. The fraction of sp³-hybridized carbons (Fsp3) is 0.556. The van der Waals surface area contributed by atoms with E-state index >= 15 is 0 Å². The van der Waals surface area contributed by atoms with Crippen LogP contribution in [0, 0.1) is 0 Å². The molecule has 1 atom stereocenters. The predicted octanol–water partition coefficient (Wildman–Crippen LogP) is 0.233. The van der Waals surface area contributed by atoms with Crippen molar-refractivity contribution in [1.82, 2.24) is 9.80 Å². The highest BCUT2D eigenvalue weighted by molar-refractivity contribution is 7.91. The highest BCUT2D eigenvalue weighted by atomic mass is 32.2. The van der Waals surface area contributed by atoms with Gasteiger partial charge >= 0.3 is 11.8 Å². The van der Waals surface area contributed by atoms with Crippen molar-refractivity contribution in [3.8, 4) is 0 Å². The molecule has 2 aliphatic heterocycles. The lowest BCUT2D eigenvalue weighted by Crippen LogP contribution is -2.51. The van der Waals surface area contributed by atoms with E-state index in [0.29, 0.717) is 25.9 Å². The summed E-state index contributed by atoms with van der Waals surface area (Å²) in [7, 11) is -1.64. The number of hydrogen-bond acceptors (Lipinski definition) is 5. The fourth-order valence-corrected chi connectivity index (χ4v) is 5.32. The molecule has 1 unspecified atom stereocenters. The third-order valence-corrected chi connectivity index (χ3v) is 6.80. The van der Waals surface area contributed by atoms with Crippen LogP contribution in [0.15, 0.2) is 24.3 Å². The minimum atomic E-state index is -3.15. The second-order valence-corrected chi connectivity index (χ2v) is 9.02. The lowest BCUT2D eigenvalue weighted by Gasteiger charge is -2.32. The van der Waals surface area contributed by atoms with Gasteiger partial charge in [0.1, 0.15) is 0 Å². The monoisotopic (exact) mass is 380 g/mol. The highest BCUT2D eigenvalue weighted by Gasteiger charge is 2.38. The Kier molecular flexibility index (Phi) is 5.62. The molecule has 0 bridgehead atoms. The van der Waals surface area contributed by atoms with Gasteiger partial charge in [-0.1, -0.05) is 24.3 Å². The van der Waals surface area contributed by atoms with Gasteiger partial charge in [-0.2, -0.15) is 0 Å². The van der Waals surface area contributed by atoms with Crippen molar-refractivity contribution in [3.05, 3.63) is 35.4 Å². The van der Waals surface area contributed by atoms with Crippen LogP contribution >= 0.6 is 0 Å². The molecule has 3 rings (SSSR count). The highest BCUT2D eigenvalue weighted by Crippen LogP contribution is 2.21. The summed E-state index contributed by atoms with van der Waals surface area (Å²) in [4.78, 5) is 28.6. The standard InChI is InChI=1S/C18H24N2O5S/c1-25-10-9-20(16-7-11-26(23,24)13-16)18(22)17(21)19-8-6-14-4-2-3-5-15(14)12-19/h2-5,16H,6-13H2,1H3. The summed E-state index contributed by atoms with van der Waals surface area (Å²) in [5.74, 6) is -1.23. The third kappa shape index (κ3) is 4.07. The number of hydrogen-bond donors (Lipinski definition) is 0. The first-order valence-corrected chi connectivity index (χ1v) is 10.6. The van der Waals surface area contributed by atoms with Gasteiger partial charge in [0.05, 0.1) is 18.1 Å². The van der Waals surface area contributed by atoms with Crippen molar-refractivity contribution in [3.63, 3.8) is 0 Å². The largest absolute Gasteiger partial charge is 0.383 e. The number of sulfone groups is 1. The Hall–Kier alpha value is -1.93. The molecular weight excluding hydrogens is 356 g/mol. The van der Waals surface area contributed by atoms with Gasteiger partial charge in [0.25, 0.3) is 0 Å². The number of carbonyl (C=O) groups is 2. The molecule has 0 spiro atoms. The molecule has 1 aromatic rings. The van der Waals surface area contributed by atoms with Crippen LogP contribution in [0.4, 0.5) is 0 Å². The molecule has 0 aliphatic carbocycles. The molecule has 1 fully saturated rings. The summed E-state index contributed by atoms with van der Waals surface area (Å²) in [6, 6.07) is 7.43. The van der Waals surface area contributed by atoms with Crippen molar-refractivity contribution in [2.24, 2.45) is 0 Å². The van der Waals surface area contributed by atoms with Crippen molar-refractivity contribution < 1.29 is 22.7 Å². The molecule has 142 valence electrons. The number of carbonyl (C=O) groups excluding carboxylic acids is 2. The van der Waals surface area contributed by atoms with E-state index in [1.807, 2.05) is 24.3 Å². The van der Waals surface area contributed by atoms with E-state index in [2.05, 4.69) is 0 Å². The van der Waals surface area contributed by atoms with Crippen LogP contribution in [0.5, 0.6) is 0 Å². The molecular formula is C18H24N2O5S. The van der Waals surface area contributed by atoms with Gasteiger partial charge in [0.2, 0.25) is 0 Å². The zero-order chi connectivity index (χ0) is 18.7. The van der Waals surface area contributed by atoms with Crippen LogP contribution in [-0.4, -0.2) is 74.4 Å². The fourth-order valence-electron chi connectivity index (χ4n) is 3.59. The van der Waals surface area contributed by atoms with Crippen molar-refractivity contribution in [1.29, 1.82) is 0 Å². The second-order valence-electron chi connectivity index (χ2n) is 6.79. The minimum absolute atomic E-state index is 0.0553.